The molecule has 0 fully saturated rings. The van der Waals surface area contributed by atoms with Crippen LogP contribution >= 0.6 is 0 Å². The van der Waals surface area contributed by atoms with Crippen LogP contribution in [0.5, 0.6) is 0 Å². The number of carbonyl (C=O) groups is 3. The summed E-state index contributed by atoms with van der Waals surface area (Å²) >= 11 is 0. The number of ether oxygens (including phenoxy) is 8. The molecular weight excluding hydrogens is 600 g/mol. The maximum absolute atomic E-state index is 12.5. The molecule has 0 aliphatic carbocycles. The molecule has 272 valence electrons. The Balaban J connectivity index is 4.00. The largest absolute Gasteiger partial charge is 0.379 e. The van der Waals surface area contributed by atoms with E-state index in [1.165, 1.54) is 0 Å². The average molecular weight is 665 g/mol. The van der Waals surface area contributed by atoms with Gasteiger partial charge in [-0.2, -0.15) is 0 Å². The lowest BCUT2D eigenvalue weighted by molar-refractivity contribution is -0.131. The first-order valence-corrected chi connectivity index (χ1v) is 16.9. The van der Waals surface area contributed by atoms with Gasteiger partial charge < -0.3 is 48.5 Å². The van der Waals surface area contributed by atoms with Gasteiger partial charge in [-0.15, -0.1) is 0 Å². The van der Waals surface area contributed by atoms with E-state index in [0.717, 1.165) is 26.1 Å². The maximum Gasteiger partial charge on any atom is 0.225 e. The first-order valence-electron chi connectivity index (χ1n) is 16.9. The number of hydrogen-bond donors (Lipinski definition) is 2. The van der Waals surface area contributed by atoms with Gasteiger partial charge in [0.15, 0.2) is 0 Å². The van der Waals surface area contributed by atoms with Gasteiger partial charge in [-0.3, -0.25) is 14.4 Å². The van der Waals surface area contributed by atoms with Crippen molar-refractivity contribution in [2.45, 2.75) is 79.2 Å². The highest BCUT2D eigenvalue weighted by Gasteiger charge is 2.24. The fourth-order valence-corrected chi connectivity index (χ4v) is 3.56. The van der Waals surface area contributed by atoms with E-state index in [9.17, 15) is 14.4 Å². The van der Waals surface area contributed by atoms with Gasteiger partial charge in [0.2, 0.25) is 11.8 Å². The van der Waals surface area contributed by atoms with Crippen LogP contribution in [0.15, 0.2) is 0 Å². The minimum atomic E-state index is -0.581. The molecule has 0 aromatic rings. The van der Waals surface area contributed by atoms with Crippen molar-refractivity contribution >= 4 is 17.6 Å². The molecule has 0 saturated heterocycles. The topological polar surface area (TPSA) is 149 Å². The summed E-state index contributed by atoms with van der Waals surface area (Å²) in [5.74, 6) is -0.189. The minimum absolute atomic E-state index is 0.0945. The summed E-state index contributed by atoms with van der Waals surface area (Å²) in [6, 6.07) is -0.410. The van der Waals surface area contributed by atoms with Crippen LogP contribution in [0.3, 0.4) is 0 Å². The second kappa shape index (κ2) is 31.9. The van der Waals surface area contributed by atoms with Gasteiger partial charge in [0.05, 0.1) is 91.9 Å². The second-order valence-corrected chi connectivity index (χ2v) is 11.7. The van der Waals surface area contributed by atoms with Crippen molar-refractivity contribution in [3.05, 3.63) is 0 Å². The van der Waals surface area contributed by atoms with Gasteiger partial charge in [-0.1, -0.05) is 34.6 Å². The van der Waals surface area contributed by atoms with Crippen molar-refractivity contribution in [2.24, 2.45) is 5.41 Å². The van der Waals surface area contributed by atoms with E-state index >= 15 is 0 Å². The molecule has 0 spiro atoms. The van der Waals surface area contributed by atoms with E-state index < -0.39 is 11.5 Å². The van der Waals surface area contributed by atoms with E-state index in [2.05, 4.69) is 24.5 Å². The van der Waals surface area contributed by atoms with E-state index in [1.807, 2.05) is 20.8 Å². The Hall–Kier alpha value is -1.71. The molecule has 2 amide bonds. The Bertz CT molecular complexity index is 689. The zero-order chi connectivity index (χ0) is 34.1. The molecule has 0 saturated carbocycles. The van der Waals surface area contributed by atoms with Crippen molar-refractivity contribution in [1.29, 1.82) is 0 Å². The van der Waals surface area contributed by atoms with Gasteiger partial charge in [0.1, 0.15) is 5.78 Å². The highest BCUT2D eigenvalue weighted by Crippen LogP contribution is 2.13. The molecule has 1 unspecified atom stereocenters. The molecule has 46 heavy (non-hydrogen) atoms. The lowest BCUT2D eigenvalue weighted by atomic mass is 9.95. The molecule has 2 N–H and O–H groups in total. The molecule has 13 nitrogen and oxygen atoms in total. The van der Waals surface area contributed by atoms with Crippen molar-refractivity contribution in [2.75, 3.05) is 112 Å². The summed E-state index contributed by atoms with van der Waals surface area (Å²) in [5, 5.41) is 5.73. The lowest BCUT2D eigenvalue weighted by Crippen LogP contribution is -2.46. The molecule has 0 heterocycles. The summed E-state index contributed by atoms with van der Waals surface area (Å²) in [4.78, 5) is 36.8. The van der Waals surface area contributed by atoms with Crippen molar-refractivity contribution in [3.63, 3.8) is 0 Å². The van der Waals surface area contributed by atoms with Crippen LogP contribution in [0.1, 0.15) is 73.1 Å². The first kappa shape index (κ1) is 44.3. The highest BCUT2D eigenvalue weighted by atomic mass is 16.5. The quantitative estimate of drug-likeness (QED) is 0.0979. The van der Waals surface area contributed by atoms with Crippen LogP contribution in [-0.4, -0.2) is 136 Å². The van der Waals surface area contributed by atoms with Crippen molar-refractivity contribution in [3.8, 4) is 0 Å². The smallest absolute Gasteiger partial charge is 0.225 e. The van der Waals surface area contributed by atoms with Crippen LogP contribution in [0.25, 0.3) is 0 Å². The lowest BCUT2D eigenvalue weighted by Gasteiger charge is -2.24. The van der Waals surface area contributed by atoms with Crippen LogP contribution in [0.4, 0.5) is 0 Å². The normalized spacial score (nSPS) is 12.3. The fraction of sp³-hybridized carbons (Fsp3) is 0.909. The number of nitrogens with one attached hydrogen (secondary N) is 2. The molecule has 0 radical (unpaired) electrons. The molecule has 1 atom stereocenters. The van der Waals surface area contributed by atoms with Crippen LogP contribution in [-0.2, 0) is 52.3 Å². The predicted molar refractivity (Wildman–Crippen MR) is 175 cm³/mol. The monoisotopic (exact) mass is 664 g/mol. The number of Topliss-reactive ketones (excluding diaryl/α,β-unsaturated/α-hetero) is 1. The SMILES string of the molecule is CCCOCCOCCOCCCC(=O)CCOCC(COCCC(=O)NCCOCCOCCOCCC)NC(=O)C(C)(C)C. The number of hydrogen-bond acceptors (Lipinski definition) is 11. The van der Waals surface area contributed by atoms with Gasteiger partial charge in [0.25, 0.3) is 0 Å². The molecule has 0 rings (SSSR count). The zero-order valence-electron chi connectivity index (χ0n) is 29.3. The maximum atomic E-state index is 12.5. The summed E-state index contributed by atoms with van der Waals surface area (Å²) in [7, 11) is 0. The summed E-state index contributed by atoms with van der Waals surface area (Å²) < 4.78 is 43.8. The number of carbonyl (C=O) groups excluding carboxylic acids is 3. The molecule has 0 aromatic carbocycles. The Labute approximate surface area is 277 Å². The van der Waals surface area contributed by atoms with Gasteiger partial charge in [-0.05, 0) is 19.3 Å². The third-order valence-corrected chi connectivity index (χ3v) is 6.15. The molecule has 0 aromatic heterocycles. The van der Waals surface area contributed by atoms with E-state index in [0.29, 0.717) is 85.5 Å². The third-order valence-electron chi connectivity index (χ3n) is 6.15. The highest BCUT2D eigenvalue weighted by molar-refractivity contribution is 5.81. The number of amides is 2. The van der Waals surface area contributed by atoms with Gasteiger partial charge in [0, 0.05) is 51.0 Å². The second-order valence-electron chi connectivity index (χ2n) is 11.7. The number of ketones is 1. The minimum Gasteiger partial charge on any atom is -0.379 e. The molecule has 0 bridgehead atoms. The van der Waals surface area contributed by atoms with Gasteiger partial charge in [-0.25, -0.2) is 0 Å². The Morgan fingerprint density at radius 1 is 0.543 bits per heavy atom. The standard InChI is InChI=1S/C33H64N2O11/c1-6-13-39-19-23-43-25-21-41-15-8-9-30(36)10-16-45-27-29(35-32(38)33(3,4)5)28-46-17-11-31(37)34-12-18-42-22-26-44-24-20-40-14-7-2/h29H,6-28H2,1-5H3,(H,34,37)(H,35,38). The van der Waals surface area contributed by atoms with Crippen LogP contribution < -0.4 is 10.6 Å². The summed E-state index contributed by atoms with van der Waals surface area (Å²) in [6.07, 6.45) is 3.51. The Kier molecular flexibility index (Phi) is 30.7. The molecule has 13 heteroatoms. The van der Waals surface area contributed by atoms with E-state index in [1.54, 1.807) is 0 Å². The third kappa shape index (κ3) is 30.9. The Morgan fingerprint density at radius 2 is 1.00 bits per heavy atom. The van der Waals surface area contributed by atoms with Gasteiger partial charge >= 0.3 is 0 Å². The summed E-state index contributed by atoms with van der Waals surface area (Å²) in [6.45, 7) is 17.4. The number of rotatable bonds is 34. The average Bonchev–Trinajstić information content (AvgIpc) is 3.02. The molecule has 0 aliphatic heterocycles. The molecular formula is C33H64N2O11. The summed E-state index contributed by atoms with van der Waals surface area (Å²) in [5.41, 5.74) is -0.581. The fourth-order valence-electron chi connectivity index (χ4n) is 3.56. The zero-order valence-corrected chi connectivity index (χ0v) is 29.3. The van der Waals surface area contributed by atoms with Crippen LogP contribution in [0, 0.1) is 5.41 Å². The van der Waals surface area contributed by atoms with E-state index in [-0.39, 0.29) is 56.9 Å². The van der Waals surface area contributed by atoms with Crippen molar-refractivity contribution < 1.29 is 52.3 Å². The predicted octanol–water partition coefficient (Wildman–Crippen LogP) is 2.72. The molecule has 0 aliphatic rings. The Morgan fingerprint density at radius 3 is 1.50 bits per heavy atom. The van der Waals surface area contributed by atoms with E-state index in [4.69, 9.17) is 37.9 Å². The van der Waals surface area contributed by atoms with Crippen LogP contribution in [0.2, 0.25) is 0 Å². The first-order chi connectivity index (χ1) is 22.2. The van der Waals surface area contributed by atoms with Crippen molar-refractivity contribution in [1.82, 2.24) is 10.6 Å².